The molecule has 1 aromatic carbocycles. The van der Waals surface area contributed by atoms with Crippen molar-refractivity contribution in [3.63, 3.8) is 0 Å². The van der Waals surface area contributed by atoms with Crippen molar-refractivity contribution in [2.75, 3.05) is 20.2 Å². The Labute approximate surface area is 120 Å². The number of para-hydroxylation sites is 1. The molecule has 0 spiro atoms. The highest BCUT2D eigenvalue weighted by Gasteiger charge is 2.30. The number of carbonyl (C=O) groups is 1. The molecule has 110 valence electrons. The van der Waals surface area contributed by atoms with Gasteiger partial charge in [0.2, 0.25) is 5.91 Å². The zero-order valence-electron chi connectivity index (χ0n) is 12.3. The van der Waals surface area contributed by atoms with Gasteiger partial charge in [-0.25, -0.2) is 0 Å². The lowest BCUT2D eigenvalue weighted by Gasteiger charge is -2.36. The highest BCUT2D eigenvalue weighted by atomic mass is 16.5. The lowest BCUT2D eigenvalue weighted by atomic mass is 9.95. The number of hydrogen-bond donors (Lipinski definition) is 1. The molecule has 4 nitrogen and oxygen atoms in total. The molecule has 0 bridgehead atoms. The molecule has 0 aliphatic carbocycles. The number of amides is 1. The zero-order valence-corrected chi connectivity index (χ0v) is 12.3. The van der Waals surface area contributed by atoms with Crippen LogP contribution in [0.5, 0.6) is 5.75 Å². The molecule has 1 N–H and O–H groups in total. The third-order valence-corrected chi connectivity index (χ3v) is 3.83. The van der Waals surface area contributed by atoms with Crippen LogP contribution in [-0.4, -0.2) is 41.7 Å². The van der Waals surface area contributed by atoms with Crippen LogP contribution in [0, 0.1) is 0 Å². The van der Waals surface area contributed by atoms with Crippen molar-refractivity contribution in [3.8, 4) is 5.75 Å². The van der Waals surface area contributed by atoms with Crippen molar-refractivity contribution >= 4 is 5.91 Å². The van der Waals surface area contributed by atoms with Crippen molar-refractivity contribution in [2.24, 2.45) is 0 Å². The molecule has 1 amide bonds. The van der Waals surface area contributed by atoms with Crippen molar-refractivity contribution in [3.05, 3.63) is 29.8 Å². The summed E-state index contributed by atoms with van der Waals surface area (Å²) >= 11 is 0. The number of rotatable bonds is 4. The lowest BCUT2D eigenvalue weighted by Crippen LogP contribution is -2.48. The molecule has 1 fully saturated rings. The second-order valence-corrected chi connectivity index (χ2v) is 5.73. The highest BCUT2D eigenvalue weighted by molar-refractivity contribution is 5.76. The first kappa shape index (κ1) is 14.9. The number of likely N-dealkylation sites (tertiary alicyclic amines) is 1. The van der Waals surface area contributed by atoms with E-state index < -0.39 is 5.60 Å². The number of piperidine rings is 1. The Balaban J connectivity index is 1.92. The first-order valence-corrected chi connectivity index (χ1v) is 7.14. The van der Waals surface area contributed by atoms with E-state index in [1.165, 1.54) is 0 Å². The second-order valence-electron chi connectivity index (χ2n) is 5.73. The predicted molar refractivity (Wildman–Crippen MR) is 77.8 cm³/mol. The largest absolute Gasteiger partial charge is 0.496 e. The van der Waals surface area contributed by atoms with Gasteiger partial charge >= 0.3 is 0 Å². The average Bonchev–Trinajstić information content (AvgIpc) is 2.44. The van der Waals surface area contributed by atoms with Gasteiger partial charge in [0.15, 0.2) is 0 Å². The summed E-state index contributed by atoms with van der Waals surface area (Å²) in [4.78, 5) is 14.0. The molecule has 1 saturated heterocycles. The Kier molecular flexibility index (Phi) is 4.65. The minimum absolute atomic E-state index is 0.107. The maximum absolute atomic E-state index is 12.2. The van der Waals surface area contributed by atoms with E-state index in [0.717, 1.165) is 30.7 Å². The maximum atomic E-state index is 12.2. The number of aliphatic hydroxyl groups is 1. The number of nitrogens with zero attached hydrogens (tertiary/aromatic N) is 1. The van der Waals surface area contributed by atoms with Gasteiger partial charge in [-0.15, -0.1) is 0 Å². The SMILES string of the molecule is COc1ccccc1CCC(=O)N1CCCC(C)(O)C1. The first-order valence-electron chi connectivity index (χ1n) is 7.14. The molecule has 1 unspecified atom stereocenters. The number of hydrogen-bond acceptors (Lipinski definition) is 3. The smallest absolute Gasteiger partial charge is 0.223 e. The third-order valence-electron chi connectivity index (χ3n) is 3.83. The average molecular weight is 277 g/mol. The second kappa shape index (κ2) is 6.27. The fraction of sp³-hybridized carbons (Fsp3) is 0.562. The van der Waals surface area contributed by atoms with Crippen LogP contribution in [0.3, 0.4) is 0 Å². The lowest BCUT2D eigenvalue weighted by molar-refractivity contribution is -0.137. The van der Waals surface area contributed by atoms with E-state index in [9.17, 15) is 9.90 Å². The molecular weight excluding hydrogens is 254 g/mol. The summed E-state index contributed by atoms with van der Waals surface area (Å²) in [6, 6.07) is 7.77. The summed E-state index contributed by atoms with van der Waals surface area (Å²) < 4.78 is 5.29. The monoisotopic (exact) mass is 277 g/mol. The van der Waals surface area contributed by atoms with Gasteiger partial charge < -0.3 is 14.7 Å². The van der Waals surface area contributed by atoms with E-state index in [1.807, 2.05) is 24.3 Å². The summed E-state index contributed by atoms with van der Waals surface area (Å²) in [5.41, 5.74) is 0.311. The number of ether oxygens (including phenoxy) is 1. The van der Waals surface area contributed by atoms with Gasteiger partial charge in [-0.2, -0.15) is 0 Å². The number of carbonyl (C=O) groups excluding carboxylic acids is 1. The van der Waals surface area contributed by atoms with Crippen molar-refractivity contribution in [1.82, 2.24) is 4.90 Å². The Hall–Kier alpha value is -1.55. The fourth-order valence-corrected chi connectivity index (χ4v) is 2.74. The molecule has 1 aromatic rings. The van der Waals surface area contributed by atoms with Gasteiger partial charge in [-0.05, 0) is 37.8 Å². The van der Waals surface area contributed by atoms with Crippen LogP contribution < -0.4 is 4.74 Å². The van der Waals surface area contributed by atoms with Gasteiger partial charge in [0.25, 0.3) is 0 Å². The van der Waals surface area contributed by atoms with Gasteiger partial charge in [0, 0.05) is 19.5 Å². The normalized spacial score (nSPS) is 22.6. The van der Waals surface area contributed by atoms with Crippen LogP contribution in [-0.2, 0) is 11.2 Å². The molecule has 1 aliphatic heterocycles. The van der Waals surface area contributed by atoms with E-state index in [-0.39, 0.29) is 5.91 Å². The van der Waals surface area contributed by atoms with E-state index in [4.69, 9.17) is 4.74 Å². The van der Waals surface area contributed by atoms with Crippen LogP contribution in [0.4, 0.5) is 0 Å². The molecule has 1 heterocycles. The molecule has 2 rings (SSSR count). The Bertz CT molecular complexity index is 471. The summed E-state index contributed by atoms with van der Waals surface area (Å²) in [5.74, 6) is 0.932. The minimum atomic E-state index is -0.738. The Morgan fingerprint density at radius 3 is 2.90 bits per heavy atom. The molecular formula is C16H23NO3. The Morgan fingerprint density at radius 1 is 1.45 bits per heavy atom. The van der Waals surface area contributed by atoms with Crippen LogP contribution in [0.25, 0.3) is 0 Å². The summed E-state index contributed by atoms with van der Waals surface area (Å²) in [6.45, 7) is 2.99. The minimum Gasteiger partial charge on any atom is -0.496 e. The Morgan fingerprint density at radius 2 is 2.20 bits per heavy atom. The fourth-order valence-electron chi connectivity index (χ4n) is 2.74. The highest BCUT2D eigenvalue weighted by Crippen LogP contribution is 2.22. The van der Waals surface area contributed by atoms with Crippen LogP contribution in [0.1, 0.15) is 31.7 Å². The maximum Gasteiger partial charge on any atom is 0.223 e. The van der Waals surface area contributed by atoms with Crippen molar-refractivity contribution in [1.29, 1.82) is 0 Å². The molecule has 1 aliphatic rings. The van der Waals surface area contributed by atoms with E-state index in [2.05, 4.69) is 0 Å². The molecule has 0 radical (unpaired) electrons. The number of benzene rings is 1. The molecule has 0 saturated carbocycles. The summed E-state index contributed by atoms with van der Waals surface area (Å²) in [7, 11) is 1.64. The van der Waals surface area contributed by atoms with Crippen LogP contribution in [0.2, 0.25) is 0 Å². The van der Waals surface area contributed by atoms with Gasteiger partial charge in [-0.3, -0.25) is 4.79 Å². The molecule has 1 atom stereocenters. The topological polar surface area (TPSA) is 49.8 Å². The number of methoxy groups -OCH3 is 1. The van der Waals surface area contributed by atoms with Crippen molar-refractivity contribution in [2.45, 2.75) is 38.2 Å². The van der Waals surface area contributed by atoms with Gasteiger partial charge in [-0.1, -0.05) is 18.2 Å². The zero-order chi connectivity index (χ0) is 14.6. The summed E-state index contributed by atoms with van der Waals surface area (Å²) in [5, 5.41) is 10.0. The quantitative estimate of drug-likeness (QED) is 0.916. The third kappa shape index (κ3) is 3.73. The van der Waals surface area contributed by atoms with Crippen LogP contribution >= 0.6 is 0 Å². The number of β-amino-alcohol motifs (C(OH)–C–C–N with tert-alkyl or cyclic N) is 1. The predicted octanol–water partition coefficient (Wildman–Crippen LogP) is 2.00. The van der Waals surface area contributed by atoms with E-state index >= 15 is 0 Å². The molecule has 20 heavy (non-hydrogen) atoms. The number of aryl methyl sites for hydroxylation is 1. The first-order chi connectivity index (χ1) is 9.52. The summed E-state index contributed by atoms with van der Waals surface area (Å²) in [6.07, 6.45) is 2.76. The van der Waals surface area contributed by atoms with Gasteiger partial charge in [0.05, 0.1) is 12.7 Å². The van der Waals surface area contributed by atoms with Crippen molar-refractivity contribution < 1.29 is 14.6 Å². The molecule has 4 heteroatoms. The van der Waals surface area contributed by atoms with E-state index in [1.54, 1.807) is 18.9 Å². The van der Waals surface area contributed by atoms with Gasteiger partial charge in [0.1, 0.15) is 5.75 Å². The van der Waals surface area contributed by atoms with E-state index in [0.29, 0.717) is 19.4 Å². The standard InChI is InChI=1S/C16H23NO3/c1-16(19)10-5-11-17(12-16)15(18)9-8-13-6-3-4-7-14(13)20-2/h3-4,6-7,19H,5,8-12H2,1-2H3. The van der Waals surface area contributed by atoms with Crippen LogP contribution in [0.15, 0.2) is 24.3 Å². The molecule has 0 aromatic heterocycles.